The van der Waals surface area contributed by atoms with Crippen molar-refractivity contribution >= 4 is 11.0 Å². The Balaban J connectivity index is 2.77. The summed E-state index contributed by atoms with van der Waals surface area (Å²) in [6.45, 7) is 2.93. The average molecular weight is 206 g/mol. The Morgan fingerprint density at radius 3 is 2.47 bits per heavy atom. The molecule has 0 atom stereocenters. The van der Waals surface area contributed by atoms with Gasteiger partial charge < -0.3 is 14.0 Å². The molecule has 0 saturated heterocycles. The van der Waals surface area contributed by atoms with Gasteiger partial charge in [-0.25, -0.2) is 4.98 Å². The fourth-order valence-corrected chi connectivity index (χ4v) is 1.70. The molecule has 4 heteroatoms. The standard InChI is InChI=1S/C11H14N2O2/c1-4-13-7-12-10-8(14-2)5-6-9(15-3)11(10)13/h5-7H,4H2,1-3H3. The summed E-state index contributed by atoms with van der Waals surface area (Å²) < 4.78 is 12.6. The van der Waals surface area contributed by atoms with Crippen molar-refractivity contribution in [3.63, 3.8) is 0 Å². The van der Waals surface area contributed by atoms with Crippen molar-refractivity contribution in [1.82, 2.24) is 9.55 Å². The molecular formula is C11H14N2O2. The highest BCUT2D eigenvalue weighted by atomic mass is 16.5. The topological polar surface area (TPSA) is 36.3 Å². The highest BCUT2D eigenvalue weighted by Gasteiger charge is 2.12. The second kappa shape index (κ2) is 3.81. The third-order valence-electron chi connectivity index (χ3n) is 2.47. The lowest BCUT2D eigenvalue weighted by Crippen LogP contribution is -1.95. The van der Waals surface area contributed by atoms with Crippen molar-refractivity contribution in [2.45, 2.75) is 13.5 Å². The number of imidazole rings is 1. The number of nitrogens with zero attached hydrogens (tertiary/aromatic N) is 2. The number of benzene rings is 1. The molecule has 1 aromatic heterocycles. The molecule has 0 radical (unpaired) electrons. The van der Waals surface area contributed by atoms with Gasteiger partial charge in [0.15, 0.2) is 0 Å². The normalized spacial score (nSPS) is 10.6. The molecule has 0 unspecified atom stereocenters. The summed E-state index contributed by atoms with van der Waals surface area (Å²) in [6.07, 6.45) is 1.80. The second-order valence-corrected chi connectivity index (χ2v) is 3.20. The van der Waals surface area contributed by atoms with E-state index in [2.05, 4.69) is 11.9 Å². The van der Waals surface area contributed by atoms with Gasteiger partial charge in [0.2, 0.25) is 0 Å². The number of methoxy groups -OCH3 is 2. The average Bonchev–Trinajstić information content (AvgIpc) is 2.71. The van der Waals surface area contributed by atoms with Crippen LogP contribution in [-0.4, -0.2) is 23.8 Å². The number of fused-ring (bicyclic) bond motifs is 1. The lowest BCUT2D eigenvalue weighted by Gasteiger charge is -2.07. The molecule has 0 aliphatic carbocycles. The first-order valence-electron chi connectivity index (χ1n) is 4.87. The Hall–Kier alpha value is -1.71. The maximum atomic E-state index is 5.31. The Kier molecular flexibility index (Phi) is 2.49. The van der Waals surface area contributed by atoms with Crippen LogP contribution in [0, 0.1) is 0 Å². The molecule has 0 bridgehead atoms. The van der Waals surface area contributed by atoms with E-state index in [1.165, 1.54) is 0 Å². The van der Waals surface area contributed by atoms with E-state index in [0.29, 0.717) is 0 Å². The van der Waals surface area contributed by atoms with E-state index in [9.17, 15) is 0 Å². The van der Waals surface area contributed by atoms with Crippen LogP contribution >= 0.6 is 0 Å². The van der Waals surface area contributed by atoms with E-state index in [4.69, 9.17) is 9.47 Å². The van der Waals surface area contributed by atoms with Crippen molar-refractivity contribution in [2.24, 2.45) is 0 Å². The highest BCUT2D eigenvalue weighted by molar-refractivity contribution is 5.87. The van der Waals surface area contributed by atoms with Crippen LogP contribution in [0.3, 0.4) is 0 Å². The van der Waals surface area contributed by atoms with Crippen molar-refractivity contribution < 1.29 is 9.47 Å². The van der Waals surface area contributed by atoms with Crippen molar-refractivity contribution in [2.75, 3.05) is 14.2 Å². The van der Waals surface area contributed by atoms with Crippen molar-refractivity contribution in [3.8, 4) is 11.5 Å². The minimum absolute atomic E-state index is 0.776. The number of aromatic nitrogens is 2. The van der Waals surface area contributed by atoms with E-state index in [-0.39, 0.29) is 0 Å². The van der Waals surface area contributed by atoms with Gasteiger partial charge in [0, 0.05) is 6.54 Å². The van der Waals surface area contributed by atoms with Crippen molar-refractivity contribution in [1.29, 1.82) is 0 Å². The summed E-state index contributed by atoms with van der Waals surface area (Å²) in [5, 5.41) is 0. The molecule has 2 rings (SSSR count). The van der Waals surface area contributed by atoms with Crippen LogP contribution in [0.5, 0.6) is 11.5 Å². The summed E-state index contributed by atoms with van der Waals surface area (Å²) >= 11 is 0. The largest absolute Gasteiger partial charge is 0.494 e. The van der Waals surface area contributed by atoms with Crippen LogP contribution in [0.2, 0.25) is 0 Å². The zero-order valence-corrected chi connectivity index (χ0v) is 9.15. The third kappa shape index (κ3) is 1.42. The molecule has 4 nitrogen and oxygen atoms in total. The van der Waals surface area contributed by atoms with Gasteiger partial charge in [-0.3, -0.25) is 0 Å². The molecule has 0 N–H and O–H groups in total. The van der Waals surface area contributed by atoms with Crippen LogP contribution < -0.4 is 9.47 Å². The van der Waals surface area contributed by atoms with Crippen LogP contribution in [0.1, 0.15) is 6.92 Å². The molecule has 1 aromatic carbocycles. The Morgan fingerprint density at radius 2 is 1.87 bits per heavy atom. The van der Waals surface area contributed by atoms with Crippen LogP contribution in [0.15, 0.2) is 18.5 Å². The molecule has 80 valence electrons. The highest BCUT2D eigenvalue weighted by Crippen LogP contribution is 2.31. The SMILES string of the molecule is CCn1cnc2c(OC)ccc(OC)c21. The summed E-state index contributed by atoms with van der Waals surface area (Å²) in [6, 6.07) is 3.77. The van der Waals surface area contributed by atoms with Gasteiger partial charge in [0.1, 0.15) is 22.5 Å². The number of rotatable bonds is 3. The zero-order chi connectivity index (χ0) is 10.8. The summed E-state index contributed by atoms with van der Waals surface area (Å²) in [7, 11) is 3.31. The number of hydrogen-bond acceptors (Lipinski definition) is 3. The van der Waals surface area contributed by atoms with E-state index < -0.39 is 0 Å². The molecule has 0 spiro atoms. The van der Waals surface area contributed by atoms with Crippen LogP contribution in [-0.2, 0) is 6.54 Å². The molecule has 0 amide bonds. The van der Waals surface area contributed by atoms with Gasteiger partial charge >= 0.3 is 0 Å². The minimum Gasteiger partial charge on any atom is -0.494 e. The van der Waals surface area contributed by atoms with E-state index >= 15 is 0 Å². The summed E-state index contributed by atoms with van der Waals surface area (Å²) in [5.41, 5.74) is 1.83. The maximum absolute atomic E-state index is 5.31. The first kappa shape index (κ1) is 9.83. The molecule has 0 aliphatic rings. The van der Waals surface area contributed by atoms with Gasteiger partial charge in [0.05, 0.1) is 20.5 Å². The molecule has 0 saturated carbocycles. The fraction of sp³-hybridized carbons (Fsp3) is 0.364. The molecule has 15 heavy (non-hydrogen) atoms. The number of aryl methyl sites for hydroxylation is 1. The Bertz CT molecular complexity index is 477. The molecule has 1 heterocycles. The number of ether oxygens (including phenoxy) is 2. The fourth-order valence-electron chi connectivity index (χ4n) is 1.70. The molecule has 0 aliphatic heterocycles. The van der Waals surface area contributed by atoms with Crippen LogP contribution in [0.4, 0.5) is 0 Å². The van der Waals surface area contributed by atoms with Gasteiger partial charge in [-0.15, -0.1) is 0 Å². The third-order valence-corrected chi connectivity index (χ3v) is 2.47. The Labute approximate surface area is 88.4 Å². The maximum Gasteiger partial charge on any atom is 0.146 e. The smallest absolute Gasteiger partial charge is 0.146 e. The predicted molar refractivity (Wildman–Crippen MR) is 58.5 cm³/mol. The minimum atomic E-state index is 0.776. The van der Waals surface area contributed by atoms with Gasteiger partial charge in [-0.05, 0) is 19.1 Å². The van der Waals surface area contributed by atoms with Gasteiger partial charge in [-0.1, -0.05) is 0 Å². The first-order chi connectivity index (χ1) is 7.31. The molecule has 0 fully saturated rings. The Morgan fingerprint density at radius 1 is 1.20 bits per heavy atom. The zero-order valence-electron chi connectivity index (χ0n) is 9.15. The van der Waals surface area contributed by atoms with E-state index in [1.807, 2.05) is 16.7 Å². The molecular weight excluding hydrogens is 192 g/mol. The molecule has 2 aromatic rings. The van der Waals surface area contributed by atoms with E-state index in [0.717, 1.165) is 29.1 Å². The summed E-state index contributed by atoms with van der Waals surface area (Å²) in [5.74, 6) is 1.60. The predicted octanol–water partition coefficient (Wildman–Crippen LogP) is 2.07. The monoisotopic (exact) mass is 206 g/mol. The van der Waals surface area contributed by atoms with Gasteiger partial charge in [0.25, 0.3) is 0 Å². The summed E-state index contributed by atoms with van der Waals surface area (Å²) in [4.78, 5) is 4.33. The first-order valence-corrected chi connectivity index (χ1v) is 4.87. The quantitative estimate of drug-likeness (QED) is 0.771. The van der Waals surface area contributed by atoms with Crippen molar-refractivity contribution in [3.05, 3.63) is 18.5 Å². The number of hydrogen-bond donors (Lipinski definition) is 0. The lowest BCUT2D eigenvalue weighted by atomic mass is 10.2. The lowest BCUT2D eigenvalue weighted by molar-refractivity contribution is 0.408. The van der Waals surface area contributed by atoms with E-state index in [1.54, 1.807) is 20.5 Å². The second-order valence-electron chi connectivity index (χ2n) is 3.20. The van der Waals surface area contributed by atoms with Gasteiger partial charge in [-0.2, -0.15) is 0 Å². The van der Waals surface area contributed by atoms with Crippen LogP contribution in [0.25, 0.3) is 11.0 Å².